The van der Waals surface area contributed by atoms with E-state index in [0.717, 1.165) is 37.8 Å². The van der Waals surface area contributed by atoms with E-state index < -0.39 is 0 Å². The fourth-order valence-electron chi connectivity index (χ4n) is 3.76. The first-order valence-electron chi connectivity index (χ1n) is 8.14. The summed E-state index contributed by atoms with van der Waals surface area (Å²) in [5, 5.41) is 0. The third-order valence-electron chi connectivity index (χ3n) is 5.08. The van der Waals surface area contributed by atoms with Crippen LogP contribution in [0.15, 0.2) is 30.3 Å². The van der Waals surface area contributed by atoms with Crippen molar-refractivity contribution >= 4 is 5.91 Å². The van der Waals surface area contributed by atoms with Crippen molar-refractivity contribution in [2.45, 2.75) is 39.2 Å². The molecule has 1 aliphatic heterocycles. The molecule has 1 aromatic rings. The molecule has 0 radical (unpaired) electrons. The van der Waals surface area contributed by atoms with E-state index in [0.29, 0.717) is 5.41 Å². The minimum absolute atomic E-state index is 0.182. The molecule has 1 saturated carbocycles. The maximum atomic E-state index is 12.4. The van der Waals surface area contributed by atoms with Crippen molar-refractivity contribution in [3.8, 4) is 0 Å². The summed E-state index contributed by atoms with van der Waals surface area (Å²) in [6.45, 7) is 8.54. The molecule has 0 spiro atoms. The first-order chi connectivity index (χ1) is 10.1. The van der Waals surface area contributed by atoms with E-state index in [-0.39, 0.29) is 5.91 Å². The Morgan fingerprint density at radius 2 is 1.76 bits per heavy atom. The van der Waals surface area contributed by atoms with Gasteiger partial charge in [-0.15, -0.1) is 0 Å². The lowest BCUT2D eigenvalue weighted by molar-refractivity contribution is 0.0563. The topological polar surface area (TPSA) is 23.6 Å². The van der Waals surface area contributed by atoms with Gasteiger partial charge in [-0.2, -0.15) is 0 Å². The number of piperazine rings is 1. The second kappa shape index (κ2) is 5.80. The SMILES string of the molecule is CC1(C)CCC(N2CCN(C(=O)c3ccccc3)CC2)C1. The Hall–Kier alpha value is -1.35. The zero-order valence-electron chi connectivity index (χ0n) is 13.2. The van der Waals surface area contributed by atoms with Gasteiger partial charge in [0.25, 0.3) is 5.91 Å². The fourth-order valence-corrected chi connectivity index (χ4v) is 3.76. The highest BCUT2D eigenvalue weighted by Crippen LogP contribution is 2.39. The molecular formula is C18H26N2O. The first kappa shape index (κ1) is 14.6. The predicted octanol–water partition coefficient (Wildman–Crippen LogP) is 3.02. The molecule has 2 fully saturated rings. The van der Waals surface area contributed by atoms with Crippen molar-refractivity contribution in [1.82, 2.24) is 9.80 Å². The standard InChI is InChI=1S/C18H26N2O/c1-18(2)9-8-16(14-18)19-10-12-20(13-11-19)17(21)15-6-4-3-5-7-15/h3-7,16H,8-14H2,1-2H3. The third-order valence-corrected chi connectivity index (χ3v) is 5.08. The number of carbonyl (C=O) groups is 1. The molecule has 1 heterocycles. The van der Waals surface area contributed by atoms with Gasteiger partial charge in [0.2, 0.25) is 0 Å². The van der Waals surface area contributed by atoms with Crippen LogP contribution >= 0.6 is 0 Å². The normalized spacial score (nSPS) is 26.0. The van der Waals surface area contributed by atoms with E-state index in [2.05, 4.69) is 18.7 Å². The van der Waals surface area contributed by atoms with Gasteiger partial charge >= 0.3 is 0 Å². The molecule has 1 amide bonds. The van der Waals surface area contributed by atoms with Crippen LogP contribution in [0, 0.1) is 5.41 Å². The average Bonchev–Trinajstić information content (AvgIpc) is 2.88. The van der Waals surface area contributed by atoms with Gasteiger partial charge in [-0.3, -0.25) is 9.69 Å². The molecule has 3 heteroatoms. The largest absolute Gasteiger partial charge is 0.336 e. The van der Waals surface area contributed by atoms with Crippen LogP contribution in [0.25, 0.3) is 0 Å². The summed E-state index contributed by atoms with van der Waals surface area (Å²) in [5.74, 6) is 0.182. The van der Waals surface area contributed by atoms with Crippen LogP contribution in [0.5, 0.6) is 0 Å². The lowest BCUT2D eigenvalue weighted by Gasteiger charge is -2.38. The Morgan fingerprint density at radius 1 is 1.10 bits per heavy atom. The van der Waals surface area contributed by atoms with Gasteiger partial charge < -0.3 is 4.90 Å². The average molecular weight is 286 g/mol. The fraction of sp³-hybridized carbons (Fsp3) is 0.611. The molecular weight excluding hydrogens is 260 g/mol. The number of nitrogens with zero attached hydrogens (tertiary/aromatic N) is 2. The van der Waals surface area contributed by atoms with E-state index in [1.807, 2.05) is 35.2 Å². The van der Waals surface area contributed by atoms with E-state index >= 15 is 0 Å². The molecule has 0 N–H and O–H groups in total. The third kappa shape index (κ3) is 3.29. The summed E-state index contributed by atoms with van der Waals surface area (Å²) in [5.41, 5.74) is 1.31. The maximum absolute atomic E-state index is 12.4. The number of hydrogen-bond acceptors (Lipinski definition) is 2. The molecule has 1 saturated heterocycles. The summed E-state index contributed by atoms with van der Waals surface area (Å²) in [4.78, 5) is 17.0. The second-order valence-electron chi connectivity index (χ2n) is 7.26. The molecule has 3 rings (SSSR count). The van der Waals surface area contributed by atoms with Gasteiger partial charge in [-0.05, 0) is 36.8 Å². The van der Waals surface area contributed by atoms with Crippen LogP contribution < -0.4 is 0 Å². The van der Waals surface area contributed by atoms with Crippen molar-refractivity contribution in [3.63, 3.8) is 0 Å². The van der Waals surface area contributed by atoms with Gasteiger partial charge in [0.15, 0.2) is 0 Å². The van der Waals surface area contributed by atoms with Crippen molar-refractivity contribution in [1.29, 1.82) is 0 Å². The van der Waals surface area contributed by atoms with Crippen LogP contribution in [0.4, 0.5) is 0 Å². The highest BCUT2D eigenvalue weighted by molar-refractivity contribution is 5.94. The van der Waals surface area contributed by atoms with Crippen LogP contribution in [-0.4, -0.2) is 47.9 Å². The van der Waals surface area contributed by atoms with Crippen molar-refractivity contribution in [3.05, 3.63) is 35.9 Å². The Labute approximate surface area is 127 Å². The van der Waals surface area contributed by atoms with Gasteiger partial charge in [0.05, 0.1) is 0 Å². The smallest absolute Gasteiger partial charge is 0.253 e. The first-order valence-corrected chi connectivity index (χ1v) is 8.14. The lowest BCUT2D eigenvalue weighted by atomic mass is 9.91. The van der Waals surface area contributed by atoms with Gasteiger partial charge in [-0.1, -0.05) is 32.0 Å². The minimum Gasteiger partial charge on any atom is -0.336 e. The van der Waals surface area contributed by atoms with E-state index in [9.17, 15) is 4.79 Å². The van der Waals surface area contributed by atoms with Gasteiger partial charge in [0.1, 0.15) is 0 Å². The Morgan fingerprint density at radius 3 is 2.33 bits per heavy atom. The molecule has 21 heavy (non-hydrogen) atoms. The zero-order valence-corrected chi connectivity index (χ0v) is 13.2. The van der Waals surface area contributed by atoms with Crippen LogP contribution in [0.1, 0.15) is 43.5 Å². The summed E-state index contributed by atoms with van der Waals surface area (Å²) >= 11 is 0. The Kier molecular flexibility index (Phi) is 4.03. The summed E-state index contributed by atoms with van der Waals surface area (Å²) in [6.07, 6.45) is 3.96. The monoisotopic (exact) mass is 286 g/mol. The van der Waals surface area contributed by atoms with E-state index in [1.165, 1.54) is 19.3 Å². The van der Waals surface area contributed by atoms with Crippen LogP contribution in [0.3, 0.4) is 0 Å². The van der Waals surface area contributed by atoms with Gasteiger partial charge in [0, 0.05) is 37.8 Å². The van der Waals surface area contributed by atoms with Crippen molar-refractivity contribution < 1.29 is 4.79 Å². The molecule has 0 bridgehead atoms. The molecule has 1 aromatic carbocycles. The Balaban J connectivity index is 1.55. The molecule has 1 atom stereocenters. The zero-order chi connectivity index (χ0) is 14.9. The number of amides is 1. The minimum atomic E-state index is 0.182. The number of hydrogen-bond donors (Lipinski definition) is 0. The molecule has 1 aliphatic carbocycles. The molecule has 2 aliphatic rings. The highest BCUT2D eigenvalue weighted by atomic mass is 16.2. The highest BCUT2D eigenvalue weighted by Gasteiger charge is 2.35. The van der Waals surface area contributed by atoms with Gasteiger partial charge in [-0.25, -0.2) is 0 Å². The summed E-state index contributed by atoms with van der Waals surface area (Å²) < 4.78 is 0. The molecule has 3 nitrogen and oxygen atoms in total. The molecule has 0 aromatic heterocycles. The quantitative estimate of drug-likeness (QED) is 0.834. The van der Waals surface area contributed by atoms with Crippen LogP contribution in [-0.2, 0) is 0 Å². The predicted molar refractivity (Wildman–Crippen MR) is 85.3 cm³/mol. The maximum Gasteiger partial charge on any atom is 0.253 e. The summed E-state index contributed by atoms with van der Waals surface area (Å²) in [7, 11) is 0. The van der Waals surface area contributed by atoms with Crippen LogP contribution in [0.2, 0.25) is 0 Å². The number of rotatable bonds is 2. The van der Waals surface area contributed by atoms with E-state index in [1.54, 1.807) is 0 Å². The van der Waals surface area contributed by atoms with Crippen molar-refractivity contribution in [2.75, 3.05) is 26.2 Å². The number of benzene rings is 1. The van der Waals surface area contributed by atoms with E-state index in [4.69, 9.17) is 0 Å². The number of carbonyl (C=O) groups excluding carboxylic acids is 1. The lowest BCUT2D eigenvalue weighted by Crippen LogP contribution is -2.51. The Bertz CT molecular complexity index is 489. The molecule has 114 valence electrons. The molecule has 1 unspecified atom stereocenters. The summed E-state index contributed by atoms with van der Waals surface area (Å²) in [6, 6.07) is 10.4. The van der Waals surface area contributed by atoms with Crippen molar-refractivity contribution in [2.24, 2.45) is 5.41 Å². The second-order valence-corrected chi connectivity index (χ2v) is 7.26.